The molecule has 0 saturated carbocycles. The quantitative estimate of drug-likeness (QED) is 0.674. The lowest BCUT2D eigenvalue weighted by Crippen LogP contribution is -2.01. The number of nitrogen functional groups attached to an aromatic ring is 1. The molecule has 26 heavy (non-hydrogen) atoms. The first-order valence-electron chi connectivity index (χ1n) is 8.52. The van der Waals surface area contributed by atoms with Crippen LogP contribution in [-0.4, -0.2) is 23.7 Å². The molecule has 0 aliphatic rings. The molecular formula is C20H25ClFN3O. The first kappa shape index (κ1) is 20.2. The van der Waals surface area contributed by atoms with E-state index in [0.717, 1.165) is 52.0 Å². The van der Waals surface area contributed by atoms with Crippen LogP contribution in [0.5, 0.6) is 0 Å². The highest BCUT2D eigenvalue weighted by atomic mass is 35.5. The maximum atomic E-state index is 14.5. The molecule has 0 fully saturated rings. The Hall–Kier alpha value is -2.11. The van der Waals surface area contributed by atoms with Crippen LogP contribution in [0.25, 0.3) is 22.0 Å². The summed E-state index contributed by atoms with van der Waals surface area (Å²) >= 11 is 0. The third kappa shape index (κ3) is 3.41. The third-order valence-electron chi connectivity index (χ3n) is 4.73. The number of aromatic nitrogens is 2. The number of benzene rings is 1. The number of hydrogen-bond donors (Lipinski definition) is 2. The molecule has 0 atom stereocenters. The van der Waals surface area contributed by atoms with Gasteiger partial charge < -0.3 is 15.5 Å². The van der Waals surface area contributed by atoms with E-state index in [-0.39, 0.29) is 18.2 Å². The predicted octanol–water partition coefficient (Wildman–Crippen LogP) is 4.74. The first-order valence-corrected chi connectivity index (χ1v) is 8.52. The standard InChI is InChI=1S/C20H24FN3O.ClH/c1-5-15-18(11(2)10-17(22)23-15)13-6-7-14(21)19-12(3)16(8-9-25-4)24-20(13)19;/h6-7,10,24H,5,8-9H2,1-4H3,(H2,22,23);1H. The lowest BCUT2D eigenvalue weighted by atomic mass is 9.95. The summed E-state index contributed by atoms with van der Waals surface area (Å²) in [7, 11) is 1.67. The van der Waals surface area contributed by atoms with Gasteiger partial charge in [-0.3, -0.25) is 0 Å². The van der Waals surface area contributed by atoms with Crippen LogP contribution in [0.15, 0.2) is 18.2 Å². The van der Waals surface area contributed by atoms with Crippen LogP contribution < -0.4 is 5.73 Å². The van der Waals surface area contributed by atoms with E-state index in [0.29, 0.717) is 17.8 Å². The highest BCUT2D eigenvalue weighted by Gasteiger charge is 2.19. The highest BCUT2D eigenvalue weighted by Crippen LogP contribution is 2.36. The average Bonchev–Trinajstić information content (AvgIpc) is 2.91. The van der Waals surface area contributed by atoms with E-state index < -0.39 is 0 Å². The molecule has 0 saturated heterocycles. The Bertz CT molecular complexity index is 937. The summed E-state index contributed by atoms with van der Waals surface area (Å²) < 4.78 is 19.7. The number of halogens is 2. The maximum absolute atomic E-state index is 14.5. The van der Waals surface area contributed by atoms with Gasteiger partial charge in [-0.2, -0.15) is 0 Å². The minimum atomic E-state index is -0.213. The van der Waals surface area contributed by atoms with Gasteiger partial charge in [0.15, 0.2) is 0 Å². The molecule has 0 bridgehead atoms. The topological polar surface area (TPSA) is 63.9 Å². The van der Waals surface area contributed by atoms with Crippen molar-refractivity contribution in [3.05, 3.63) is 46.5 Å². The molecule has 140 valence electrons. The second kappa shape index (κ2) is 8.06. The van der Waals surface area contributed by atoms with Crippen molar-refractivity contribution in [2.45, 2.75) is 33.6 Å². The van der Waals surface area contributed by atoms with Gasteiger partial charge >= 0.3 is 0 Å². The van der Waals surface area contributed by atoms with Crippen molar-refractivity contribution in [3.63, 3.8) is 0 Å². The van der Waals surface area contributed by atoms with Gasteiger partial charge in [0.2, 0.25) is 0 Å². The van der Waals surface area contributed by atoms with E-state index in [1.54, 1.807) is 7.11 Å². The van der Waals surface area contributed by atoms with Crippen LogP contribution in [0, 0.1) is 19.7 Å². The van der Waals surface area contributed by atoms with Gasteiger partial charge in [0.25, 0.3) is 0 Å². The van der Waals surface area contributed by atoms with E-state index in [1.807, 2.05) is 26.0 Å². The maximum Gasteiger partial charge on any atom is 0.132 e. The number of nitrogens with two attached hydrogens (primary N) is 1. The van der Waals surface area contributed by atoms with E-state index in [1.165, 1.54) is 6.07 Å². The van der Waals surface area contributed by atoms with Crippen molar-refractivity contribution in [1.82, 2.24) is 9.97 Å². The van der Waals surface area contributed by atoms with Crippen LogP contribution >= 0.6 is 12.4 Å². The minimum Gasteiger partial charge on any atom is -0.384 e. The number of ether oxygens (including phenoxy) is 1. The van der Waals surface area contributed by atoms with Crippen molar-refractivity contribution >= 4 is 29.1 Å². The van der Waals surface area contributed by atoms with Crippen molar-refractivity contribution in [2.24, 2.45) is 0 Å². The van der Waals surface area contributed by atoms with Crippen molar-refractivity contribution in [1.29, 1.82) is 0 Å². The molecule has 6 heteroatoms. The number of fused-ring (bicyclic) bond motifs is 1. The van der Waals surface area contributed by atoms with Crippen LogP contribution in [0.1, 0.15) is 29.4 Å². The fraction of sp³-hybridized carbons (Fsp3) is 0.350. The van der Waals surface area contributed by atoms with Crippen LogP contribution in [0.4, 0.5) is 10.2 Å². The average molecular weight is 378 g/mol. The number of hydrogen-bond acceptors (Lipinski definition) is 3. The molecule has 0 amide bonds. The van der Waals surface area contributed by atoms with Gasteiger partial charge in [-0.25, -0.2) is 9.37 Å². The second-order valence-electron chi connectivity index (χ2n) is 6.36. The lowest BCUT2D eigenvalue weighted by Gasteiger charge is -2.13. The summed E-state index contributed by atoms with van der Waals surface area (Å²) in [5.74, 6) is 0.301. The molecule has 2 heterocycles. The zero-order valence-electron chi connectivity index (χ0n) is 15.6. The molecule has 0 unspecified atom stereocenters. The van der Waals surface area contributed by atoms with Gasteiger partial charge in [0.1, 0.15) is 11.6 Å². The molecule has 0 aliphatic heterocycles. The zero-order chi connectivity index (χ0) is 18.1. The Labute approximate surface area is 159 Å². The van der Waals surface area contributed by atoms with Crippen molar-refractivity contribution in [2.75, 3.05) is 19.5 Å². The summed E-state index contributed by atoms with van der Waals surface area (Å²) in [5.41, 5.74) is 12.6. The number of pyridine rings is 1. The molecule has 4 nitrogen and oxygen atoms in total. The summed E-state index contributed by atoms with van der Waals surface area (Å²) in [6.07, 6.45) is 1.48. The smallest absolute Gasteiger partial charge is 0.132 e. The van der Waals surface area contributed by atoms with Crippen molar-refractivity contribution in [3.8, 4) is 11.1 Å². The Kier molecular flexibility index (Phi) is 6.26. The lowest BCUT2D eigenvalue weighted by molar-refractivity contribution is 0.201. The minimum absolute atomic E-state index is 0. The second-order valence-corrected chi connectivity index (χ2v) is 6.36. The summed E-state index contributed by atoms with van der Waals surface area (Å²) in [6, 6.07) is 5.23. The van der Waals surface area contributed by atoms with E-state index in [2.05, 4.69) is 16.9 Å². The van der Waals surface area contributed by atoms with Crippen molar-refractivity contribution < 1.29 is 9.13 Å². The van der Waals surface area contributed by atoms with Gasteiger partial charge in [-0.15, -0.1) is 12.4 Å². The molecule has 3 rings (SSSR count). The Morgan fingerprint density at radius 2 is 2.00 bits per heavy atom. The van der Waals surface area contributed by atoms with Gasteiger partial charge in [-0.05, 0) is 49.6 Å². The summed E-state index contributed by atoms with van der Waals surface area (Å²) in [5, 5.41) is 0.641. The SMILES string of the molecule is CCc1nc(N)cc(C)c1-c1ccc(F)c2c(C)c(CCOC)[nH]c12.Cl. The van der Waals surface area contributed by atoms with Gasteiger partial charge in [0, 0.05) is 35.7 Å². The normalized spacial score (nSPS) is 11.0. The zero-order valence-corrected chi connectivity index (χ0v) is 16.4. The number of H-pyrrole nitrogens is 1. The molecule has 2 aromatic heterocycles. The number of aromatic amines is 1. The molecule has 3 N–H and O–H groups in total. The van der Waals surface area contributed by atoms with E-state index >= 15 is 0 Å². The molecule has 3 aromatic rings. The van der Waals surface area contributed by atoms with E-state index in [9.17, 15) is 4.39 Å². The van der Waals surface area contributed by atoms with Crippen LogP contribution in [-0.2, 0) is 17.6 Å². The first-order chi connectivity index (χ1) is 12.0. The number of rotatable bonds is 5. The van der Waals surface area contributed by atoms with Gasteiger partial charge in [0.05, 0.1) is 17.8 Å². The Morgan fingerprint density at radius 3 is 2.65 bits per heavy atom. The van der Waals surface area contributed by atoms with Crippen LogP contribution in [0.2, 0.25) is 0 Å². The fourth-order valence-electron chi connectivity index (χ4n) is 3.52. The predicted molar refractivity (Wildman–Crippen MR) is 108 cm³/mol. The molecule has 0 aliphatic carbocycles. The Morgan fingerprint density at radius 1 is 1.27 bits per heavy atom. The molecule has 0 spiro atoms. The third-order valence-corrected chi connectivity index (χ3v) is 4.73. The highest BCUT2D eigenvalue weighted by molar-refractivity contribution is 5.98. The van der Waals surface area contributed by atoms with Gasteiger partial charge in [-0.1, -0.05) is 6.92 Å². The number of methoxy groups -OCH3 is 1. The largest absolute Gasteiger partial charge is 0.384 e. The summed E-state index contributed by atoms with van der Waals surface area (Å²) in [4.78, 5) is 7.91. The number of anilines is 1. The number of nitrogens with one attached hydrogen (secondary N) is 1. The summed E-state index contributed by atoms with van der Waals surface area (Å²) in [6.45, 7) is 6.61. The fourth-order valence-corrected chi connectivity index (χ4v) is 3.52. The Balaban J connectivity index is 0.00000243. The number of nitrogens with zero attached hydrogens (tertiary/aromatic N) is 1. The van der Waals surface area contributed by atoms with E-state index in [4.69, 9.17) is 10.5 Å². The van der Waals surface area contributed by atoms with Crippen LogP contribution in [0.3, 0.4) is 0 Å². The number of aryl methyl sites for hydroxylation is 3. The molecule has 1 aromatic carbocycles. The molecule has 0 radical (unpaired) electrons. The monoisotopic (exact) mass is 377 g/mol. The molecular weight excluding hydrogens is 353 g/mol.